The van der Waals surface area contributed by atoms with E-state index >= 15 is 0 Å². The highest BCUT2D eigenvalue weighted by Gasteiger charge is 2.29. The zero-order valence-corrected chi connectivity index (χ0v) is 16.5. The first-order valence-corrected chi connectivity index (χ1v) is 11.1. The molecule has 3 rings (SSSR count). The van der Waals surface area contributed by atoms with Crippen LogP contribution in [0.2, 0.25) is 5.02 Å². The average molecular weight is 410 g/mol. The molecule has 1 aliphatic carbocycles. The zero-order valence-electron chi connectivity index (χ0n) is 14.9. The first-order chi connectivity index (χ1) is 12.8. The Morgan fingerprint density at radius 3 is 2.37 bits per heavy atom. The predicted molar refractivity (Wildman–Crippen MR) is 103 cm³/mol. The summed E-state index contributed by atoms with van der Waals surface area (Å²) in [5.74, 6) is -0.526. The Kier molecular flexibility index (Phi) is 5.86. The third-order valence-electron chi connectivity index (χ3n) is 5.00. The Bertz CT molecular complexity index is 938. The van der Waals surface area contributed by atoms with Crippen molar-refractivity contribution in [1.29, 1.82) is 0 Å². The number of carbonyl (C=O) groups excluding carboxylic acids is 1. The topological polar surface area (TPSA) is 63.2 Å². The van der Waals surface area contributed by atoms with Crippen molar-refractivity contribution in [2.45, 2.75) is 36.6 Å². The average Bonchev–Trinajstić information content (AvgIpc) is 3.14. The lowest BCUT2D eigenvalue weighted by Gasteiger charge is -2.25. The van der Waals surface area contributed by atoms with Gasteiger partial charge in [0.05, 0.1) is 21.5 Å². The molecule has 0 aliphatic heterocycles. The molecule has 0 heterocycles. The van der Waals surface area contributed by atoms with Gasteiger partial charge in [0.1, 0.15) is 5.82 Å². The Morgan fingerprint density at radius 2 is 1.78 bits per heavy atom. The lowest BCUT2D eigenvalue weighted by Crippen LogP contribution is -2.33. The summed E-state index contributed by atoms with van der Waals surface area (Å²) in [5.41, 5.74) is 0.941. The highest BCUT2D eigenvalue weighted by atomic mass is 35.5. The van der Waals surface area contributed by atoms with Gasteiger partial charge < -0.3 is 5.32 Å². The summed E-state index contributed by atoms with van der Waals surface area (Å²) < 4.78 is 36.9. The second-order valence-electron chi connectivity index (χ2n) is 6.96. The quantitative estimate of drug-likeness (QED) is 0.788. The van der Waals surface area contributed by atoms with Gasteiger partial charge in [0, 0.05) is 6.26 Å². The Labute approximate surface area is 163 Å². The van der Waals surface area contributed by atoms with Crippen molar-refractivity contribution in [2.24, 2.45) is 5.92 Å². The van der Waals surface area contributed by atoms with E-state index in [2.05, 4.69) is 5.32 Å². The highest BCUT2D eigenvalue weighted by molar-refractivity contribution is 7.90. The predicted octanol–water partition coefficient (Wildman–Crippen LogP) is 4.54. The van der Waals surface area contributed by atoms with Crippen LogP contribution in [-0.2, 0) is 9.84 Å². The van der Waals surface area contributed by atoms with Gasteiger partial charge in [0.2, 0.25) is 0 Å². The normalized spacial score (nSPS) is 16.3. The van der Waals surface area contributed by atoms with E-state index in [-0.39, 0.29) is 33.3 Å². The molecule has 2 aromatic rings. The van der Waals surface area contributed by atoms with Gasteiger partial charge in [-0.05, 0) is 54.7 Å². The van der Waals surface area contributed by atoms with Crippen LogP contribution in [0, 0.1) is 11.7 Å². The summed E-state index contributed by atoms with van der Waals surface area (Å²) in [5, 5.41) is 3.17. The van der Waals surface area contributed by atoms with Crippen molar-refractivity contribution in [1.82, 2.24) is 5.32 Å². The van der Waals surface area contributed by atoms with Gasteiger partial charge >= 0.3 is 0 Å². The molecule has 7 heteroatoms. The molecule has 0 saturated heterocycles. The van der Waals surface area contributed by atoms with Gasteiger partial charge in [0.25, 0.3) is 5.91 Å². The Hall–Kier alpha value is -1.92. The van der Waals surface area contributed by atoms with Crippen molar-refractivity contribution in [3.05, 3.63) is 64.4 Å². The molecule has 0 bridgehead atoms. The second kappa shape index (κ2) is 7.98. The van der Waals surface area contributed by atoms with E-state index in [1.165, 1.54) is 30.3 Å². The molecular formula is C20H21ClFNO3S. The number of hydrogen-bond acceptors (Lipinski definition) is 3. The van der Waals surface area contributed by atoms with Crippen molar-refractivity contribution >= 4 is 27.3 Å². The lowest BCUT2D eigenvalue weighted by molar-refractivity contribution is 0.0921. The van der Waals surface area contributed by atoms with E-state index in [0.717, 1.165) is 37.5 Å². The molecule has 1 fully saturated rings. The molecule has 0 spiro atoms. The van der Waals surface area contributed by atoms with E-state index in [4.69, 9.17) is 11.6 Å². The van der Waals surface area contributed by atoms with E-state index in [9.17, 15) is 17.6 Å². The first kappa shape index (κ1) is 19.8. The molecule has 4 nitrogen and oxygen atoms in total. The van der Waals surface area contributed by atoms with Gasteiger partial charge in [-0.25, -0.2) is 12.8 Å². The van der Waals surface area contributed by atoms with Crippen LogP contribution >= 0.6 is 11.6 Å². The standard InChI is InChI=1S/C20H21ClFNO3S/c1-27(25,26)16-10-11-18(21)17(12-16)20(24)23-19(13-4-2-3-5-13)14-6-8-15(22)9-7-14/h6-13,19H,2-5H2,1H3,(H,23,24). The Balaban J connectivity index is 1.92. The van der Waals surface area contributed by atoms with Crippen molar-refractivity contribution in [3.63, 3.8) is 0 Å². The van der Waals surface area contributed by atoms with Gasteiger partial charge in [0.15, 0.2) is 9.84 Å². The number of halogens is 2. The van der Waals surface area contributed by atoms with E-state index in [1.54, 1.807) is 12.1 Å². The van der Waals surface area contributed by atoms with Gasteiger partial charge in [-0.15, -0.1) is 0 Å². The lowest BCUT2D eigenvalue weighted by atomic mass is 9.91. The summed E-state index contributed by atoms with van der Waals surface area (Å²) in [6.45, 7) is 0. The van der Waals surface area contributed by atoms with Crippen LogP contribution in [0.1, 0.15) is 47.6 Å². The van der Waals surface area contributed by atoms with Crippen LogP contribution in [0.3, 0.4) is 0 Å². The van der Waals surface area contributed by atoms with Crippen LogP contribution in [0.4, 0.5) is 4.39 Å². The van der Waals surface area contributed by atoms with Crippen molar-refractivity contribution in [3.8, 4) is 0 Å². The molecule has 1 unspecified atom stereocenters. The molecule has 1 atom stereocenters. The largest absolute Gasteiger partial charge is 0.345 e. The maximum atomic E-state index is 13.3. The molecule has 2 aromatic carbocycles. The van der Waals surface area contributed by atoms with Crippen LogP contribution < -0.4 is 5.32 Å². The summed E-state index contributed by atoms with van der Waals surface area (Å²) >= 11 is 6.15. The monoisotopic (exact) mass is 409 g/mol. The highest BCUT2D eigenvalue weighted by Crippen LogP contribution is 2.36. The minimum Gasteiger partial charge on any atom is -0.345 e. The number of benzene rings is 2. The molecule has 0 radical (unpaired) electrons. The first-order valence-electron chi connectivity index (χ1n) is 8.81. The number of sulfone groups is 1. The van der Waals surface area contributed by atoms with E-state index in [1.807, 2.05) is 0 Å². The van der Waals surface area contributed by atoms with Gasteiger partial charge in [-0.3, -0.25) is 4.79 Å². The maximum Gasteiger partial charge on any atom is 0.253 e. The van der Waals surface area contributed by atoms with E-state index < -0.39 is 15.7 Å². The number of hydrogen-bond donors (Lipinski definition) is 1. The SMILES string of the molecule is CS(=O)(=O)c1ccc(Cl)c(C(=O)NC(c2ccc(F)cc2)C2CCCC2)c1. The van der Waals surface area contributed by atoms with Crippen LogP contribution in [0.15, 0.2) is 47.4 Å². The minimum absolute atomic E-state index is 0.0382. The molecule has 1 saturated carbocycles. The second-order valence-corrected chi connectivity index (χ2v) is 9.38. The molecule has 1 amide bonds. The summed E-state index contributed by atoms with van der Waals surface area (Å²) in [6.07, 6.45) is 5.20. The fraction of sp³-hybridized carbons (Fsp3) is 0.350. The van der Waals surface area contributed by atoms with Crippen molar-refractivity contribution < 1.29 is 17.6 Å². The number of nitrogens with one attached hydrogen (secondary N) is 1. The summed E-state index contributed by atoms with van der Waals surface area (Å²) in [6, 6.07) is 9.90. The van der Waals surface area contributed by atoms with Crippen LogP contribution in [0.25, 0.3) is 0 Å². The molecule has 27 heavy (non-hydrogen) atoms. The van der Waals surface area contributed by atoms with Crippen molar-refractivity contribution in [2.75, 3.05) is 6.26 Å². The fourth-order valence-electron chi connectivity index (χ4n) is 3.56. The molecular weight excluding hydrogens is 389 g/mol. The summed E-state index contributed by atoms with van der Waals surface area (Å²) in [4.78, 5) is 12.9. The zero-order chi connectivity index (χ0) is 19.6. The third-order valence-corrected chi connectivity index (χ3v) is 6.44. The summed E-state index contributed by atoms with van der Waals surface area (Å²) in [7, 11) is -3.46. The molecule has 1 N–H and O–H groups in total. The Morgan fingerprint density at radius 1 is 1.15 bits per heavy atom. The van der Waals surface area contributed by atoms with E-state index in [0.29, 0.717) is 0 Å². The molecule has 0 aromatic heterocycles. The molecule has 144 valence electrons. The number of rotatable bonds is 5. The smallest absolute Gasteiger partial charge is 0.253 e. The number of amides is 1. The van der Waals surface area contributed by atoms with Crippen LogP contribution in [-0.4, -0.2) is 20.6 Å². The van der Waals surface area contributed by atoms with Crippen LogP contribution in [0.5, 0.6) is 0 Å². The minimum atomic E-state index is -3.46. The number of carbonyl (C=O) groups is 1. The third kappa shape index (κ3) is 4.68. The molecule has 1 aliphatic rings. The van der Waals surface area contributed by atoms with Gasteiger partial charge in [-0.1, -0.05) is 36.6 Å². The maximum absolute atomic E-state index is 13.3. The van der Waals surface area contributed by atoms with Gasteiger partial charge in [-0.2, -0.15) is 0 Å². The fourth-order valence-corrected chi connectivity index (χ4v) is 4.41.